The molecule has 1 aliphatic rings. The minimum Gasteiger partial charge on any atom is -0.250 e. The summed E-state index contributed by atoms with van der Waals surface area (Å²) in [4.78, 5) is 0. The van der Waals surface area contributed by atoms with Crippen LogP contribution in [0.5, 0.6) is 0 Å². The molecule has 1 N–H and O–H groups in total. The first kappa shape index (κ1) is 12.7. The highest BCUT2D eigenvalue weighted by atomic mass is 32.2. The van der Waals surface area contributed by atoms with Crippen LogP contribution in [0, 0.1) is 4.77 Å². The Morgan fingerprint density at radius 2 is 2.00 bits per heavy atom. The molecule has 1 aliphatic carbocycles. The summed E-state index contributed by atoms with van der Waals surface area (Å²) in [6.45, 7) is 0. The van der Waals surface area contributed by atoms with Gasteiger partial charge in [0.05, 0.1) is 5.25 Å². The Kier molecular flexibility index (Phi) is 3.14. The van der Waals surface area contributed by atoms with Gasteiger partial charge in [0.2, 0.25) is 4.77 Å². The van der Waals surface area contributed by atoms with E-state index in [1.165, 1.54) is 10.6 Å². The number of fused-ring (bicyclic) bond motifs is 1. The molecule has 0 aliphatic heterocycles. The number of rotatable bonds is 2. The number of aromatic nitrogens is 4. The normalized spacial score (nSPS) is 17.9. The number of sulfone groups is 1. The molecule has 0 amide bonds. The molecule has 2 aromatic rings. The third-order valence-corrected chi connectivity index (χ3v) is 5.95. The summed E-state index contributed by atoms with van der Waals surface area (Å²) in [6.07, 6.45) is 4.50. The van der Waals surface area contributed by atoms with E-state index in [-0.39, 0.29) is 10.3 Å². The first-order valence-corrected chi connectivity index (χ1v) is 8.23. The van der Waals surface area contributed by atoms with Crippen molar-refractivity contribution in [1.29, 1.82) is 0 Å². The van der Waals surface area contributed by atoms with Crippen LogP contribution >= 0.6 is 12.2 Å². The molecule has 1 fully saturated rings. The fourth-order valence-corrected chi connectivity index (χ4v) is 4.41. The highest BCUT2D eigenvalue weighted by Gasteiger charge is 2.30. The zero-order chi connectivity index (χ0) is 13.5. The van der Waals surface area contributed by atoms with Gasteiger partial charge in [0.25, 0.3) is 0 Å². The first-order chi connectivity index (χ1) is 9.09. The van der Waals surface area contributed by atoms with Crippen LogP contribution in [-0.4, -0.2) is 33.5 Å². The topological polar surface area (TPSA) is 80.1 Å². The van der Waals surface area contributed by atoms with E-state index in [1.54, 1.807) is 6.07 Å². The van der Waals surface area contributed by atoms with Gasteiger partial charge < -0.3 is 0 Å². The van der Waals surface area contributed by atoms with E-state index in [1.807, 2.05) is 0 Å². The maximum atomic E-state index is 12.5. The van der Waals surface area contributed by atoms with E-state index in [2.05, 4.69) is 15.3 Å². The summed E-state index contributed by atoms with van der Waals surface area (Å²) >= 11 is 5.01. The van der Waals surface area contributed by atoms with Crippen LogP contribution in [0.3, 0.4) is 0 Å². The summed E-state index contributed by atoms with van der Waals surface area (Å²) < 4.78 is 26.7. The van der Waals surface area contributed by atoms with Crippen LogP contribution in [0.25, 0.3) is 5.65 Å². The third-order valence-electron chi connectivity index (χ3n) is 3.53. The molecule has 3 rings (SSSR count). The van der Waals surface area contributed by atoms with E-state index in [4.69, 9.17) is 12.2 Å². The van der Waals surface area contributed by atoms with Gasteiger partial charge in [-0.2, -0.15) is 14.7 Å². The Morgan fingerprint density at radius 3 is 2.74 bits per heavy atom. The van der Waals surface area contributed by atoms with Crippen molar-refractivity contribution >= 4 is 27.7 Å². The number of nitrogens with zero attached hydrogens (tertiary/aromatic N) is 3. The fourth-order valence-electron chi connectivity index (χ4n) is 2.48. The minimum absolute atomic E-state index is 0.0874. The number of hydrogen-bond acceptors (Lipinski definition) is 5. The maximum Gasteiger partial charge on any atom is 0.216 e. The Bertz CT molecular complexity index is 756. The smallest absolute Gasteiger partial charge is 0.216 e. The lowest BCUT2D eigenvalue weighted by atomic mass is 10.0. The summed E-state index contributed by atoms with van der Waals surface area (Å²) in [5, 5.41) is 10.4. The fraction of sp³-hybridized carbons (Fsp3) is 0.545. The van der Waals surface area contributed by atoms with Crippen molar-refractivity contribution in [2.24, 2.45) is 0 Å². The Hall–Kier alpha value is -1.28. The summed E-state index contributed by atoms with van der Waals surface area (Å²) in [7, 11) is -3.37. The molecule has 6 nitrogen and oxygen atoms in total. The second kappa shape index (κ2) is 4.68. The SMILES string of the molecule is O=S(=O)(c1ccc2n[nH]c(=S)n2n1)C1CCCCC1. The first-order valence-electron chi connectivity index (χ1n) is 6.27. The number of hydrogen-bond donors (Lipinski definition) is 1. The lowest BCUT2D eigenvalue weighted by Gasteiger charge is -2.21. The molecule has 2 heterocycles. The van der Waals surface area contributed by atoms with Crippen LogP contribution in [-0.2, 0) is 9.84 Å². The number of nitrogens with one attached hydrogen (secondary N) is 1. The quantitative estimate of drug-likeness (QED) is 0.856. The molecule has 1 saturated carbocycles. The van der Waals surface area contributed by atoms with E-state index in [9.17, 15) is 8.42 Å². The molecule has 102 valence electrons. The Balaban J connectivity index is 2.07. The van der Waals surface area contributed by atoms with Crippen molar-refractivity contribution < 1.29 is 8.42 Å². The molecule has 0 bridgehead atoms. The monoisotopic (exact) mass is 298 g/mol. The van der Waals surface area contributed by atoms with Crippen LogP contribution < -0.4 is 0 Å². The molecule has 0 saturated heterocycles. The maximum absolute atomic E-state index is 12.5. The van der Waals surface area contributed by atoms with Gasteiger partial charge in [0, 0.05) is 0 Å². The molecule has 0 spiro atoms. The zero-order valence-electron chi connectivity index (χ0n) is 10.2. The van der Waals surface area contributed by atoms with Crippen molar-refractivity contribution in [1.82, 2.24) is 19.8 Å². The van der Waals surface area contributed by atoms with E-state index in [0.717, 1.165) is 32.1 Å². The summed E-state index contributed by atoms with van der Waals surface area (Å²) in [5.41, 5.74) is 0.521. The third kappa shape index (κ3) is 2.18. The lowest BCUT2D eigenvalue weighted by molar-refractivity contribution is 0.481. The summed E-state index contributed by atoms with van der Waals surface area (Å²) in [6, 6.07) is 3.13. The molecule has 19 heavy (non-hydrogen) atoms. The van der Waals surface area contributed by atoms with Gasteiger partial charge in [0.1, 0.15) is 0 Å². The largest absolute Gasteiger partial charge is 0.250 e. The molecule has 2 aromatic heterocycles. The van der Waals surface area contributed by atoms with Gasteiger partial charge in [0.15, 0.2) is 20.5 Å². The van der Waals surface area contributed by atoms with Gasteiger partial charge in [-0.05, 0) is 37.2 Å². The van der Waals surface area contributed by atoms with E-state index in [0.29, 0.717) is 10.4 Å². The van der Waals surface area contributed by atoms with E-state index < -0.39 is 9.84 Å². The van der Waals surface area contributed by atoms with Gasteiger partial charge in [-0.1, -0.05) is 19.3 Å². The van der Waals surface area contributed by atoms with Crippen LogP contribution in [0.4, 0.5) is 0 Å². The zero-order valence-corrected chi connectivity index (χ0v) is 11.9. The average molecular weight is 298 g/mol. The van der Waals surface area contributed by atoms with Gasteiger partial charge in [-0.15, -0.1) is 0 Å². The van der Waals surface area contributed by atoms with Crippen molar-refractivity contribution in [3.05, 3.63) is 16.9 Å². The molecule has 0 radical (unpaired) electrons. The number of aromatic amines is 1. The molecule has 8 heteroatoms. The van der Waals surface area contributed by atoms with Crippen molar-refractivity contribution in [2.45, 2.75) is 42.4 Å². The molecular formula is C11H14N4O2S2. The van der Waals surface area contributed by atoms with Crippen LogP contribution in [0.2, 0.25) is 0 Å². The second-order valence-electron chi connectivity index (χ2n) is 4.78. The predicted molar refractivity (Wildman–Crippen MR) is 72.2 cm³/mol. The highest BCUT2D eigenvalue weighted by Crippen LogP contribution is 2.27. The van der Waals surface area contributed by atoms with Gasteiger partial charge in [-0.25, -0.2) is 13.5 Å². The Morgan fingerprint density at radius 1 is 1.26 bits per heavy atom. The van der Waals surface area contributed by atoms with Crippen molar-refractivity contribution in [3.8, 4) is 0 Å². The van der Waals surface area contributed by atoms with Crippen LogP contribution in [0.1, 0.15) is 32.1 Å². The predicted octanol–water partition coefficient (Wildman–Crippen LogP) is 1.89. The molecule has 0 unspecified atom stereocenters. The highest BCUT2D eigenvalue weighted by molar-refractivity contribution is 7.92. The Labute approximate surface area is 115 Å². The van der Waals surface area contributed by atoms with Crippen LogP contribution in [0.15, 0.2) is 17.2 Å². The molecule has 0 atom stereocenters. The van der Waals surface area contributed by atoms with Crippen molar-refractivity contribution in [2.75, 3.05) is 0 Å². The summed E-state index contributed by atoms with van der Waals surface area (Å²) in [5.74, 6) is 0. The minimum atomic E-state index is -3.37. The van der Waals surface area contributed by atoms with Gasteiger partial charge in [-0.3, -0.25) is 0 Å². The lowest BCUT2D eigenvalue weighted by Crippen LogP contribution is -2.25. The van der Waals surface area contributed by atoms with E-state index >= 15 is 0 Å². The number of H-pyrrole nitrogens is 1. The standard InChI is InChI=1S/C11H14N4O2S2/c16-19(17,8-4-2-1-3-5-8)10-7-6-9-12-13-11(18)15(9)14-10/h6-8H,1-5H2,(H,13,18). The molecule has 0 aromatic carbocycles. The average Bonchev–Trinajstić information content (AvgIpc) is 2.81. The molecular weight excluding hydrogens is 284 g/mol. The second-order valence-corrected chi connectivity index (χ2v) is 7.34. The van der Waals surface area contributed by atoms with Crippen molar-refractivity contribution in [3.63, 3.8) is 0 Å². The van der Waals surface area contributed by atoms with Gasteiger partial charge >= 0.3 is 0 Å².